The Bertz CT molecular complexity index is 831. The van der Waals surface area contributed by atoms with E-state index in [1.165, 1.54) is 25.3 Å². The van der Waals surface area contributed by atoms with Crippen molar-refractivity contribution in [3.8, 4) is 0 Å². The molecular weight excluding hydrogens is 505 g/mol. The summed E-state index contributed by atoms with van der Waals surface area (Å²) < 4.78 is 63.9. The van der Waals surface area contributed by atoms with E-state index in [0.717, 1.165) is 32.1 Å². The monoisotopic (exact) mass is 558 g/mol. The molecule has 4 fully saturated rings. The Morgan fingerprint density at radius 2 is 1.44 bits per heavy atom. The van der Waals surface area contributed by atoms with Gasteiger partial charge in [0.05, 0.1) is 18.1 Å². The standard InChI is InChI=1S/C32H53F3O4/c1-20(2)24(32(33,34)35)9-8-21(3)25-10-11-26-23-17-29(39-19-37-7)28-16-22(38-18-36-6)12-14-31(28,5)27(23)13-15-30(25,26)4/h8-9,20-29H,10-19H2,1-7H3/b9-8+/t21-,22-,23+,24-,25-,26+,27+,28+,29+,30-,31-/m1/s1. The second-order valence-electron chi connectivity index (χ2n) is 14.1. The third-order valence-corrected chi connectivity index (χ3v) is 11.9. The molecule has 0 aromatic carbocycles. The van der Waals surface area contributed by atoms with Crippen molar-refractivity contribution in [3.63, 3.8) is 0 Å². The number of fused-ring (bicyclic) bond motifs is 5. The Labute approximate surface area is 234 Å². The van der Waals surface area contributed by atoms with Crippen molar-refractivity contribution >= 4 is 0 Å². The summed E-state index contributed by atoms with van der Waals surface area (Å²) in [5, 5.41) is 0. The second-order valence-corrected chi connectivity index (χ2v) is 14.1. The summed E-state index contributed by atoms with van der Waals surface area (Å²) in [6.45, 7) is 11.1. The van der Waals surface area contributed by atoms with E-state index in [4.69, 9.17) is 18.9 Å². The fourth-order valence-electron chi connectivity index (χ4n) is 9.93. The van der Waals surface area contributed by atoms with Crippen LogP contribution in [0.4, 0.5) is 13.2 Å². The third kappa shape index (κ3) is 6.12. The maximum Gasteiger partial charge on any atom is 0.395 e. The van der Waals surface area contributed by atoms with Crippen LogP contribution in [0.5, 0.6) is 0 Å². The molecule has 0 aromatic heterocycles. The highest BCUT2D eigenvalue weighted by Crippen LogP contribution is 2.68. The minimum absolute atomic E-state index is 0.140. The Balaban J connectivity index is 1.54. The van der Waals surface area contributed by atoms with Crippen LogP contribution in [0.2, 0.25) is 0 Å². The zero-order valence-corrected chi connectivity index (χ0v) is 25.3. The molecule has 4 nitrogen and oxygen atoms in total. The number of hydrogen-bond acceptors (Lipinski definition) is 4. The summed E-state index contributed by atoms with van der Waals surface area (Å²) in [6.07, 6.45) is 8.40. The Morgan fingerprint density at radius 3 is 2.08 bits per heavy atom. The fraction of sp³-hybridized carbons (Fsp3) is 0.938. The van der Waals surface area contributed by atoms with Gasteiger partial charge in [-0.1, -0.05) is 46.8 Å². The molecule has 0 N–H and O–H groups in total. The first-order valence-corrected chi connectivity index (χ1v) is 15.3. The first-order valence-electron chi connectivity index (χ1n) is 15.3. The van der Waals surface area contributed by atoms with Gasteiger partial charge in [0.2, 0.25) is 0 Å². The van der Waals surface area contributed by atoms with Crippen LogP contribution in [0.25, 0.3) is 0 Å². The van der Waals surface area contributed by atoms with Crippen LogP contribution < -0.4 is 0 Å². The van der Waals surface area contributed by atoms with Crippen LogP contribution in [0.3, 0.4) is 0 Å². The highest BCUT2D eigenvalue weighted by Gasteiger charge is 2.62. The molecule has 0 aromatic rings. The van der Waals surface area contributed by atoms with Gasteiger partial charge in [0.15, 0.2) is 0 Å². The van der Waals surface area contributed by atoms with Gasteiger partial charge in [-0.25, -0.2) is 0 Å². The number of allylic oxidation sites excluding steroid dienone is 2. The van der Waals surface area contributed by atoms with Gasteiger partial charge in [-0.15, -0.1) is 0 Å². The van der Waals surface area contributed by atoms with Crippen molar-refractivity contribution in [1.82, 2.24) is 0 Å². The average molecular weight is 559 g/mol. The molecule has 7 heteroatoms. The Kier molecular flexibility index (Phi) is 9.88. The van der Waals surface area contributed by atoms with E-state index >= 15 is 0 Å². The van der Waals surface area contributed by atoms with Gasteiger partial charge >= 0.3 is 6.18 Å². The zero-order valence-electron chi connectivity index (χ0n) is 25.3. The molecule has 4 aliphatic rings. The average Bonchev–Trinajstić information content (AvgIpc) is 3.22. The molecule has 0 bridgehead atoms. The Morgan fingerprint density at radius 1 is 0.795 bits per heavy atom. The molecule has 39 heavy (non-hydrogen) atoms. The van der Waals surface area contributed by atoms with Crippen LogP contribution in [0.15, 0.2) is 12.2 Å². The summed E-state index contributed by atoms with van der Waals surface area (Å²) in [5.74, 6) is 0.999. The lowest BCUT2D eigenvalue weighted by atomic mass is 9.43. The van der Waals surface area contributed by atoms with Gasteiger partial charge in [0, 0.05) is 14.2 Å². The molecular formula is C32H53F3O4. The highest BCUT2D eigenvalue weighted by atomic mass is 19.4. The molecule has 0 radical (unpaired) electrons. The Hall–Kier alpha value is -0.630. The number of alkyl halides is 3. The van der Waals surface area contributed by atoms with E-state index in [0.29, 0.717) is 43.2 Å². The molecule has 0 amide bonds. The number of methoxy groups -OCH3 is 2. The summed E-state index contributed by atoms with van der Waals surface area (Å²) in [7, 11) is 3.36. The smallest absolute Gasteiger partial charge is 0.359 e. The lowest BCUT2D eigenvalue weighted by Crippen LogP contribution is -2.59. The lowest BCUT2D eigenvalue weighted by molar-refractivity contribution is -0.213. The third-order valence-electron chi connectivity index (χ3n) is 11.9. The number of halogens is 3. The van der Waals surface area contributed by atoms with Gasteiger partial charge in [0.25, 0.3) is 0 Å². The first kappa shape index (κ1) is 31.3. The minimum Gasteiger partial charge on any atom is -0.359 e. The fourth-order valence-corrected chi connectivity index (χ4v) is 9.93. The molecule has 0 spiro atoms. The van der Waals surface area contributed by atoms with Crippen molar-refractivity contribution in [2.45, 2.75) is 104 Å². The van der Waals surface area contributed by atoms with Crippen LogP contribution in [-0.4, -0.2) is 46.2 Å². The van der Waals surface area contributed by atoms with Crippen molar-refractivity contribution < 1.29 is 32.1 Å². The van der Waals surface area contributed by atoms with E-state index in [2.05, 4.69) is 20.8 Å². The van der Waals surface area contributed by atoms with Gasteiger partial charge in [-0.2, -0.15) is 13.2 Å². The quantitative estimate of drug-likeness (QED) is 0.200. The SMILES string of the molecule is COCO[C@@H]1CC[C@]2(C)[C@H]3CC[C@]4(C)[C@@H]([C@H](C)/C=C/[C@H](C(C)C)C(F)(F)F)CC[C@H]4[C@@H]3C[C@H](OCOC)[C@@H]2C1. The molecule has 4 aliphatic carbocycles. The van der Waals surface area contributed by atoms with E-state index in [1.54, 1.807) is 28.1 Å². The summed E-state index contributed by atoms with van der Waals surface area (Å²) in [5.41, 5.74) is 0.362. The van der Waals surface area contributed by atoms with Crippen molar-refractivity contribution in [2.75, 3.05) is 27.8 Å². The maximum atomic E-state index is 13.6. The molecule has 0 unspecified atom stereocenters. The van der Waals surface area contributed by atoms with Crippen LogP contribution in [-0.2, 0) is 18.9 Å². The van der Waals surface area contributed by atoms with Crippen LogP contribution in [0, 0.1) is 58.2 Å². The molecule has 0 heterocycles. The van der Waals surface area contributed by atoms with Gasteiger partial charge < -0.3 is 18.9 Å². The molecule has 4 saturated carbocycles. The van der Waals surface area contributed by atoms with Gasteiger partial charge in [-0.3, -0.25) is 0 Å². The summed E-state index contributed by atoms with van der Waals surface area (Å²) >= 11 is 0. The van der Waals surface area contributed by atoms with Crippen LogP contribution in [0.1, 0.15) is 86.0 Å². The topological polar surface area (TPSA) is 36.9 Å². The number of rotatable bonds is 10. The number of ether oxygens (including phenoxy) is 4. The zero-order chi connectivity index (χ0) is 28.6. The van der Waals surface area contributed by atoms with Gasteiger partial charge in [-0.05, 0) is 104 Å². The normalized spacial score (nSPS) is 42.3. The molecule has 11 atom stereocenters. The minimum atomic E-state index is -4.19. The lowest BCUT2D eigenvalue weighted by Gasteiger charge is -2.63. The summed E-state index contributed by atoms with van der Waals surface area (Å²) in [6, 6.07) is 0. The van der Waals surface area contributed by atoms with Crippen molar-refractivity contribution in [3.05, 3.63) is 12.2 Å². The predicted octanol–water partition coefficient (Wildman–Crippen LogP) is 8.26. The maximum absolute atomic E-state index is 13.6. The first-order chi connectivity index (χ1) is 18.4. The second kappa shape index (κ2) is 12.3. The highest BCUT2D eigenvalue weighted by molar-refractivity contribution is 5.13. The van der Waals surface area contributed by atoms with Crippen molar-refractivity contribution in [2.24, 2.45) is 58.2 Å². The van der Waals surface area contributed by atoms with E-state index in [-0.39, 0.29) is 29.0 Å². The molecule has 0 aliphatic heterocycles. The number of hydrogen-bond donors (Lipinski definition) is 0. The van der Waals surface area contributed by atoms with E-state index < -0.39 is 18.0 Å². The van der Waals surface area contributed by atoms with Gasteiger partial charge in [0.1, 0.15) is 13.6 Å². The molecule has 4 rings (SSSR count). The summed E-state index contributed by atoms with van der Waals surface area (Å²) in [4.78, 5) is 0. The van der Waals surface area contributed by atoms with E-state index in [1.807, 2.05) is 6.08 Å². The van der Waals surface area contributed by atoms with Crippen molar-refractivity contribution in [1.29, 1.82) is 0 Å². The predicted molar refractivity (Wildman–Crippen MR) is 147 cm³/mol. The molecule has 226 valence electrons. The van der Waals surface area contributed by atoms with E-state index in [9.17, 15) is 13.2 Å². The molecule has 0 saturated heterocycles. The van der Waals surface area contributed by atoms with Crippen LogP contribution >= 0.6 is 0 Å². The largest absolute Gasteiger partial charge is 0.395 e.